The van der Waals surface area contributed by atoms with E-state index in [-0.39, 0.29) is 5.91 Å². The highest BCUT2D eigenvalue weighted by molar-refractivity contribution is 5.92. The second kappa shape index (κ2) is 7.82. The molecule has 2 aromatic carbocycles. The van der Waals surface area contributed by atoms with Gasteiger partial charge in [-0.05, 0) is 30.7 Å². The van der Waals surface area contributed by atoms with Crippen LogP contribution in [0.1, 0.15) is 11.1 Å². The predicted octanol–water partition coefficient (Wildman–Crippen LogP) is 1.21. The van der Waals surface area contributed by atoms with Crippen molar-refractivity contribution in [1.82, 2.24) is 0 Å². The molecule has 5 nitrogen and oxygen atoms in total. The molecule has 0 unspecified atom stereocenters. The highest BCUT2D eigenvalue weighted by Gasteiger charge is 2.23. The Balaban J connectivity index is 1.53. The molecular formula is C20H23N4O+. The van der Waals surface area contributed by atoms with E-state index in [1.807, 2.05) is 6.07 Å². The maximum atomic E-state index is 12.3. The fourth-order valence-corrected chi connectivity index (χ4v) is 3.27. The van der Waals surface area contributed by atoms with Gasteiger partial charge in [0.15, 0.2) is 6.54 Å². The van der Waals surface area contributed by atoms with E-state index in [2.05, 4.69) is 47.5 Å². The van der Waals surface area contributed by atoms with Crippen molar-refractivity contribution in [3.05, 3.63) is 59.7 Å². The fraction of sp³-hybridized carbons (Fsp3) is 0.300. The Hall–Kier alpha value is -2.84. The first-order chi connectivity index (χ1) is 12.2. The molecule has 25 heavy (non-hydrogen) atoms. The first-order valence-electron chi connectivity index (χ1n) is 8.60. The molecule has 0 spiro atoms. The van der Waals surface area contributed by atoms with Crippen LogP contribution in [0.4, 0.5) is 11.4 Å². The van der Waals surface area contributed by atoms with Crippen LogP contribution >= 0.6 is 0 Å². The van der Waals surface area contributed by atoms with Crippen LogP contribution in [0, 0.1) is 18.3 Å². The topological polar surface area (TPSA) is 60.6 Å². The molecule has 0 radical (unpaired) electrons. The van der Waals surface area contributed by atoms with Crippen molar-refractivity contribution in [2.75, 3.05) is 42.9 Å². The van der Waals surface area contributed by atoms with Crippen LogP contribution in [-0.4, -0.2) is 38.6 Å². The van der Waals surface area contributed by atoms with E-state index in [0.717, 1.165) is 26.2 Å². The quantitative estimate of drug-likeness (QED) is 0.883. The number of quaternary nitrogens is 1. The van der Waals surface area contributed by atoms with Gasteiger partial charge in [0.25, 0.3) is 5.91 Å². The lowest BCUT2D eigenvalue weighted by atomic mass is 10.1. The van der Waals surface area contributed by atoms with Gasteiger partial charge < -0.3 is 15.1 Å². The maximum Gasteiger partial charge on any atom is 0.279 e. The molecule has 3 rings (SSSR count). The van der Waals surface area contributed by atoms with Crippen molar-refractivity contribution in [3.8, 4) is 6.07 Å². The zero-order chi connectivity index (χ0) is 17.6. The number of piperazine rings is 1. The minimum atomic E-state index is -0.0398. The van der Waals surface area contributed by atoms with Gasteiger partial charge in [-0.25, -0.2) is 0 Å². The average molecular weight is 335 g/mol. The van der Waals surface area contributed by atoms with Gasteiger partial charge >= 0.3 is 0 Å². The zero-order valence-electron chi connectivity index (χ0n) is 14.5. The van der Waals surface area contributed by atoms with Crippen LogP contribution in [-0.2, 0) is 4.79 Å². The summed E-state index contributed by atoms with van der Waals surface area (Å²) < 4.78 is 0. The second-order valence-electron chi connectivity index (χ2n) is 6.41. The zero-order valence-corrected chi connectivity index (χ0v) is 14.5. The minimum Gasteiger partial charge on any atom is -0.360 e. The Morgan fingerprint density at radius 1 is 1.16 bits per heavy atom. The number of hydrogen-bond donors (Lipinski definition) is 2. The number of nitriles is 1. The number of benzene rings is 2. The Bertz CT molecular complexity index is 788. The van der Waals surface area contributed by atoms with E-state index in [9.17, 15) is 4.79 Å². The van der Waals surface area contributed by atoms with E-state index in [0.29, 0.717) is 17.8 Å². The highest BCUT2D eigenvalue weighted by Crippen LogP contribution is 2.18. The van der Waals surface area contributed by atoms with Crippen LogP contribution in [0.15, 0.2) is 48.5 Å². The molecule has 1 amide bonds. The lowest BCUT2D eigenvalue weighted by Gasteiger charge is -2.34. The van der Waals surface area contributed by atoms with E-state index >= 15 is 0 Å². The van der Waals surface area contributed by atoms with Gasteiger partial charge in [0, 0.05) is 5.69 Å². The van der Waals surface area contributed by atoms with Crippen molar-refractivity contribution in [3.63, 3.8) is 0 Å². The number of hydrogen-bond acceptors (Lipinski definition) is 3. The van der Waals surface area contributed by atoms with E-state index < -0.39 is 0 Å². The van der Waals surface area contributed by atoms with Crippen molar-refractivity contribution in [2.24, 2.45) is 0 Å². The molecule has 0 saturated carbocycles. The molecule has 5 heteroatoms. The standard InChI is InChI=1S/C20H22N4O/c1-16-6-2-5-9-19(16)24-12-10-23(11-13-24)15-20(25)22-18-8-4-3-7-17(18)14-21/h2-9H,10-13,15H2,1H3,(H,22,25)/p+1. The molecule has 128 valence electrons. The number of carbonyl (C=O) groups excluding carboxylic acids is 1. The summed E-state index contributed by atoms with van der Waals surface area (Å²) in [5.74, 6) is -0.0398. The summed E-state index contributed by atoms with van der Waals surface area (Å²) in [6.07, 6.45) is 0. The smallest absolute Gasteiger partial charge is 0.279 e. The molecule has 0 atom stereocenters. The van der Waals surface area contributed by atoms with Gasteiger partial charge in [0.1, 0.15) is 6.07 Å². The number of nitrogens with zero attached hydrogens (tertiary/aromatic N) is 2. The summed E-state index contributed by atoms with van der Waals surface area (Å²) in [4.78, 5) is 16.0. The number of rotatable bonds is 4. The van der Waals surface area contributed by atoms with Crippen molar-refractivity contribution < 1.29 is 9.69 Å². The van der Waals surface area contributed by atoms with E-state index in [1.54, 1.807) is 18.2 Å². The van der Waals surface area contributed by atoms with Crippen molar-refractivity contribution in [2.45, 2.75) is 6.92 Å². The van der Waals surface area contributed by atoms with E-state index in [4.69, 9.17) is 5.26 Å². The average Bonchev–Trinajstić information content (AvgIpc) is 2.63. The largest absolute Gasteiger partial charge is 0.360 e. The third-order valence-electron chi connectivity index (χ3n) is 4.66. The van der Waals surface area contributed by atoms with Crippen LogP contribution in [0.25, 0.3) is 0 Å². The SMILES string of the molecule is Cc1ccccc1N1CC[NH+](CC(=O)Nc2ccccc2C#N)CC1. The molecule has 1 aliphatic heterocycles. The van der Waals surface area contributed by atoms with Gasteiger partial charge in [-0.15, -0.1) is 0 Å². The number of carbonyl (C=O) groups is 1. The Morgan fingerprint density at radius 3 is 2.56 bits per heavy atom. The van der Waals surface area contributed by atoms with Crippen LogP contribution < -0.4 is 15.1 Å². The second-order valence-corrected chi connectivity index (χ2v) is 6.41. The molecule has 1 fully saturated rings. The summed E-state index contributed by atoms with van der Waals surface area (Å²) in [5.41, 5.74) is 3.66. The molecule has 2 aromatic rings. The summed E-state index contributed by atoms with van der Waals surface area (Å²) in [7, 11) is 0. The Kier molecular flexibility index (Phi) is 5.32. The lowest BCUT2D eigenvalue weighted by molar-refractivity contribution is -0.892. The summed E-state index contributed by atoms with van der Waals surface area (Å²) in [6, 6.07) is 17.6. The van der Waals surface area contributed by atoms with Gasteiger partial charge in [0.2, 0.25) is 0 Å². The third kappa shape index (κ3) is 4.17. The monoisotopic (exact) mass is 335 g/mol. The summed E-state index contributed by atoms with van der Waals surface area (Å²) in [5, 5.41) is 12.0. The number of anilines is 2. The normalized spacial score (nSPS) is 14.8. The Labute approximate surface area is 148 Å². The van der Waals surface area contributed by atoms with Gasteiger partial charge in [-0.1, -0.05) is 30.3 Å². The number of para-hydroxylation sites is 2. The molecule has 2 N–H and O–H groups in total. The maximum absolute atomic E-state index is 12.3. The highest BCUT2D eigenvalue weighted by atomic mass is 16.2. The van der Waals surface area contributed by atoms with Crippen LogP contribution in [0.2, 0.25) is 0 Å². The number of amides is 1. The number of nitrogens with one attached hydrogen (secondary N) is 2. The third-order valence-corrected chi connectivity index (χ3v) is 4.66. The van der Waals surface area contributed by atoms with Crippen molar-refractivity contribution in [1.29, 1.82) is 5.26 Å². The molecule has 0 aliphatic carbocycles. The van der Waals surface area contributed by atoms with E-state index in [1.165, 1.54) is 16.2 Å². The van der Waals surface area contributed by atoms with Crippen LogP contribution in [0.5, 0.6) is 0 Å². The first kappa shape index (κ1) is 17.0. The Morgan fingerprint density at radius 2 is 1.84 bits per heavy atom. The van der Waals surface area contributed by atoms with Crippen molar-refractivity contribution >= 4 is 17.3 Å². The molecule has 1 aliphatic rings. The lowest BCUT2D eigenvalue weighted by Crippen LogP contribution is -3.15. The molecule has 1 saturated heterocycles. The summed E-state index contributed by atoms with van der Waals surface area (Å²) >= 11 is 0. The molecule has 0 aromatic heterocycles. The van der Waals surface area contributed by atoms with Crippen LogP contribution in [0.3, 0.4) is 0 Å². The minimum absolute atomic E-state index is 0.0398. The van der Waals surface area contributed by atoms with Gasteiger partial charge in [-0.2, -0.15) is 5.26 Å². The first-order valence-corrected chi connectivity index (χ1v) is 8.60. The fourth-order valence-electron chi connectivity index (χ4n) is 3.27. The van der Waals surface area contributed by atoms with Gasteiger partial charge in [0.05, 0.1) is 37.4 Å². The number of aryl methyl sites for hydroxylation is 1. The molecule has 0 bridgehead atoms. The predicted molar refractivity (Wildman–Crippen MR) is 98.7 cm³/mol. The van der Waals surface area contributed by atoms with Gasteiger partial charge in [-0.3, -0.25) is 4.79 Å². The summed E-state index contributed by atoms with van der Waals surface area (Å²) in [6.45, 7) is 6.32. The molecule has 1 heterocycles. The molecular weight excluding hydrogens is 312 g/mol.